The molecule has 0 aliphatic heterocycles. The molecule has 1 saturated carbocycles. The number of rotatable bonds is 4. The Hall–Kier alpha value is -0.820. The van der Waals surface area contributed by atoms with Gasteiger partial charge in [-0.15, -0.1) is 0 Å². The van der Waals surface area contributed by atoms with E-state index in [1.165, 1.54) is 51.5 Å². The summed E-state index contributed by atoms with van der Waals surface area (Å²) >= 11 is 0. The van der Waals surface area contributed by atoms with Crippen molar-refractivity contribution in [1.82, 2.24) is 5.32 Å². The molecule has 2 atom stereocenters. The second kappa shape index (κ2) is 6.09. The molecule has 1 N–H and O–H groups in total. The Morgan fingerprint density at radius 1 is 1.11 bits per heavy atom. The minimum Gasteiger partial charge on any atom is -0.313 e. The van der Waals surface area contributed by atoms with Gasteiger partial charge in [-0.3, -0.25) is 0 Å². The van der Waals surface area contributed by atoms with E-state index in [-0.39, 0.29) is 0 Å². The van der Waals surface area contributed by atoms with Crippen LogP contribution in [0.5, 0.6) is 0 Å². The van der Waals surface area contributed by atoms with Crippen molar-refractivity contribution in [2.75, 3.05) is 6.54 Å². The monoisotopic (exact) mass is 257 g/mol. The molecule has 1 heteroatoms. The smallest absolute Gasteiger partial charge is 0.00672 e. The molecule has 2 aliphatic rings. The number of fused-ring (bicyclic) bond motifs is 1. The molecule has 1 aromatic rings. The number of hydrogen-bond donors (Lipinski definition) is 1. The number of benzene rings is 1. The standard InChI is InChI=1S/C18H27N/c1-14(15-7-2-3-8-15)19-13-17-11-6-10-16-9-4-5-12-18(16)17/h4-5,9,12,14-15,17,19H,2-3,6-8,10-11,13H2,1H3/t14-,17?/m0/s1. The van der Waals surface area contributed by atoms with Crippen LogP contribution in [0.4, 0.5) is 0 Å². The van der Waals surface area contributed by atoms with Crippen LogP contribution >= 0.6 is 0 Å². The SMILES string of the molecule is C[C@H](NCC1CCCc2ccccc21)C1CCCC1. The van der Waals surface area contributed by atoms with Gasteiger partial charge in [-0.05, 0) is 62.0 Å². The summed E-state index contributed by atoms with van der Waals surface area (Å²) in [6.45, 7) is 3.57. The van der Waals surface area contributed by atoms with Crippen LogP contribution in [-0.4, -0.2) is 12.6 Å². The Labute approximate surface area is 117 Å². The minimum absolute atomic E-state index is 0.705. The Bertz CT molecular complexity index is 406. The van der Waals surface area contributed by atoms with Gasteiger partial charge in [-0.2, -0.15) is 0 Å². The summed E-state index contributed by atoms with van der Waals surface area (Å²) in [6.07, 6.45) is 9.78. The van der Waals surface area contributed by atoms with Gasteiger partial charge in [0.05, 0.1) is 0 Å². The average molecular weight is 257 g/mol. The molecule has 2 aliphatic carbocycles. The lowest BCUT2D eigenvalue weighted by Crippen LogP contribution is -2.36. The molecular weight excluding hydrogens is 230 g/mol. The van der Waals surface area contributed by atoms with E-state index in [9.17, 15) is 0 Å². The predicted molar refractivity (Wildman–Crippen MR) is 81.5 cm³/mol. The first kappa shape index (κ1) is 13.2. The first-order valence-electron chi connectivity index (χ1n) is 8.16. The van der Waals surface area contributed by atoms with E-state index in [0.717, 1.165) is 11.8 Å². The fraction of sp³-hybridized carbons (Fsp3) is 0.667. The van der Waals surface area contributed by atoms with Gasteiger partial charge in [0, 0.05) is 12.6 Å². The van der Waals surface area contributed by atoms with Gasteiger partial charge >= 0.3 is 0 Å². The van der Waals surface area contributed by atoms with Gasteiger partial charge in [0.2, 0.25) is 0 Å². The third-order valence-electron chi connectivity index (χ3n) is 5.29. The molecule has 0 radical (unpaired) electrons. The van der Waals surface area contributed by atoms with Crippen molar-refractivity contribution in [3.63, 3.8) is 0 Å². The fourth-order valence-electron chi connectivity index (χ4n) is 4.02. The zero-order chi connectivity index (χ0) is 13.1. The summed E-state index contributed by atoms with van der Waals surface area (Å²) in [5.74, 6) is 1.67. The maximum atomic E-state index is 3.84. The van der Waals surface area contributed by atoms with Crippen molar-refractivity contribution in [2.45, 2.75) is 63.8 Å². The topological polar surface area (TPSA) is 12.0 Å². The van der Waals surface area contributed by atoms with Gasteiger partial charge in [0.1, 0.15) is 0 Å². The quantitative estimate of drug-likeness (QED) is 0.849. The summed E-state index contributed by atoms with van der Waals surface area (Å²) in [4.78, 5) is 0. The summed E-state index contributed by atoms with van der Waals surface area (Å²) in [6, 6.07) is 9.77. The van der Waals surface area contributed by atoms with E-state index in [1.54, 1.807) is 11.1 Å². The normalized spacial score (nSPS) is 25.2. The Morgan fingerprint density at radius 3 is 2.74 bits per heavy atom. The highest BCUT2D eigenvalue weighted by atomic mass is 14.9. The van der Waals surface area contributed by atoms with Gasteiger partial charge in [-0.25, -0.2) is 0 Å². The van der Waals surface area contributed by atoms with Crippen LogP contribution in [0.1, 0.15) is 62.5 Å². The Morgan fingerprint density at radius 2 is 1.89 bits per heavy atom. The molecule has 0 aromatic heterocycles. The molecule has 0 saturated heterocycles. The van der Waals surface area contributed by atoms with E-state index in [1.807, 2.05) is 0 Å². The number of nitrogens with one attached hydrogen (secondary N) is 1. The lowest BCUT2D eigenvalue weighted by atomic mass is 9.82. The lowest BCUT2D eigenvalue weighted by molar-refractivity contribution is 0.363. The molecule has 19 heavy (non-hydrogen) atoms. The van der Waals surface area contributed by atoms with Crippen LogP contribution in [-0.2, 0) is 6.42 Å². The van der Waals surface area contributed by atoms with E-state index in [0.29, 0.717) is 6.04 Å². The molecule has 0 spiro atoms. The molecule has 0 amide bonds. The number of hydrogen-bond acceptors (Lipinski definition) is 1. The number of aryl methyl sites for hydroxylation is 1. The summed E-state index contributed by atoms with van der Waals surface area (Å²) < 4.78 is 0. The summed E-state index contributed by atoms with van der Waals surface area (Å²) in [5.41, 5.74) is 3.20. The highest BCUT2D eigenvalue weighted by Gasteiger charge is 2.24. The first-order valence-corrected chi connectivity index (χ1v) is 8.16. The first-order chi connectivity index (χ1) is 9.34. The zero-order valence-electron chi connectivity index (χ0n) is 12.2. The van der Waals surface area contributed by atoms with Crippen LogP contribution in [0.25, 0.3) is 0 Å². The summed E-state index contributed by atoms with van der Waals surface area (Å²) in [7, 11) is 0. The largest absolute Gasteiger partial charge is 0.313 e. The van der Waals surface area contributed by atoms with Crippen LogP contribution in [0.3, 0.4) is 0 Å². The molecule has 1 aromatic carbocycles. The van der Waals surface area contributed by atoms with Crippen molar-refractivity contribution < 1.29 is 0 Å². The van der Waals surface area contributed by atoms with Gasteiger partial charge in [0.25, 0.3) is 0 Å². The van der Waals surface area contributed by atoms with E-state index >= 15 is 0 Å². The maximum Gasteiger partial charge on any atom is 0.00672 e. The second-order valence-electron chi connectivity index (χ2n) is 6.53. The molecular formula is C18H27N. The summed E-state index contributed by atoms with van der Waals surface area (Å²) in [5, 5.41) is 3.84. The van der Waals surface area contributed by atoms with Gasteiger partial charge in [-0.1, -0.05) is 37.1 Å². The molecule has 3 rings (SSSR count). The zero-order valence-corrected chi connectivity index (χ0v) is 12.2. The van der Waals surface area contributed by atoms with Crippen LogP contribution in [0.15, 0.2) is 24.3 Å². The predicted octanol–water partition coefficient (Wildman–Crippen LogP) is 4.27. The minimum atomic E-state index is 0.705. The van der Waals surface area contributed by atoms with Crippen LogP contribution < -0.4 is 5.32 Å². The van der Waals surface area contributed by atoms with E-state index in [4.69, 9.17) is 0 Å². The third-order valence-corrected chi connectivity index (χ3v) is 5.29. The molecule has 0 heterocycles. The molecule has 0 bridgehead atoms. The highest BCUT2D eigenvalue weighted by molar-refractivity contribution is 5.32. The molecule has 104 valence electrons. The van der Waals surface area contributed by atoms with Crippen molar-refractivity contribution in [3.05, 3.63) is 35.4 Å². The maximum absolute atomic E-state index is 3.84. The average Bonchev–Trinajstić information content (AvgIpc) is 2.99. The fourth-order valence-corrected chi connectivity index (χ4v) is 4.02. The van der Waals surface area contributed by atoms with Gasteiger partial charge in [0.15, 0.2) is 0 Å². The van der Waals surface area contributed by atoms with Crippen LogP contribution in [0, 0.1) is 5.92 Å². The van der Waals surface area contributed by atoms with E-state index < -0.39 is 0 Å². The molecule has 1 nitrogen and oxygen atoms in total. The Balaban J connectivity index is 1.58. The second-order valence-corrected chi connectivity index (χ2v) is 6.53. The highest BCUT2D eigenvalue weighted by Crippen LogP contribution is 2.32. The third kappa shape index (κ3) is 3.02. The molecule has 1 fully saturated rings. The Kier molecular flexibility index (Phi) is 4.22. The lowest BCUT2D eigenvalue weighted by Gasteiger charge is -2.28. The van der Waals surface area contributed by atoms with E-state index in [2.05, 4.69) is 36.5 Å². The van der Waals surface area contributed by atoms with Crippen molar-refractivity contribution in [2.24, 2.45) is 5.92 Å². The van der Waals surface area contributed by atoms with Crippen molar-refractivity contribution in [3.8, 4) is 0 Å². The molecule has 1 unspecified atom stereocenters. The van der Waals surface area contributed by atoms with Crippen molar-refractivity contribution >= 4 is 0 Å². The van der Waals surface area contributed by atoms with Crippen LogP contribution in [0.2, 0.25) is 0 Å². The van der Waals surface area contributed by atoms with Gasteiger partial charge < -0.3 is 5.32 Å². The van der Waals surface area contributed by atoms with Crippen molar-refractivity contribution in [1.29, 1.82) is 0 Å².